The Morgan fingerprint density at radius 1 is 1.10 bits per heavy atom. The van der Waals surface area contributed by atoms with Crippen LogP contribution in [0.25, 0.3) is 0 Å². The molecule has 0 unspecified atom stereocenters. The maximum absolute atomic E-state index is 9.50. The molecule has 0 aliphatic carbocycles. The second-order valence-corrected chi connectivity index (χ2v) is 1.84. The summed E-state index contributed by atoms with van der Waals surface area (Å²) in [5, 5.41) is 0. The van der Waals surface area contributed by atoms with Crippen molar-refractivity contribution in [3.63, 3.8) is 0 Å². The number of benzene rings is 1. The molecule has 0 fully saturated rings. The van der Waals surface area contributed by atoms with Gasteiger partial charge in [-0.1, -0.05) is 37.3 Å². The molecule has 0 bridgehead atoms. The van der Waals surface area contributed by atoms with Crippen LogP contribution in [0.2, 0.25) is 0 Å². The van der Waals surface area contributed by atoms with Crippen molar-refractivity contribution in [3.05, 3.63) is 35.9 Å². The summed E-state index contributed by atoms with van der Waals surface area (Å²) in [6.45, 7) is 2.16. The van der Waals surface area contributed by atoms with E-state index in [0.29, 0.717) is 7.18 Å². The van der Waals surface area contributed by atoms with Crippen LogP contribution in [0.4, 0.5) is 4.39 Å². The molecule has 0 amide bonds. The molecular formula is C9H13F. The van der Waals surface area contributed by atoms with Gasteiger partial charge in [-0.2, -0.15) is 0 Å². The number of alkyl halides is 1. The molecule has 0 N–H and O–H groups in total. The number of hydrogen-bond acceptors (Lipinski definition) is 0. The lowest BCUT2D eigenvalue weighted by Crippen LogP contribution is -1.73. The fraction of sp³-hybridized carbons (Fsp3) is 0.333. The van der Waals surface area contributed by atoms with Gasteiger partial charge in [-0.05, 0) is 12.0 Å². The smallest absolute Gasteiger partial charge is 0.0785 e. The van der Waals surface area contributed by atoms with Crippen LogP contribution in [0, 0.1) is 0 Å². The predicted molar refractivity (Wildman–Crippen MR) is 42.9 cm³/mol. The molecule has 0 spiro atoms. The average molecular weight is 140 g/mol. The van der Waals surface area contributed by atoms with Crippen molar-refractivity contribution >= 4 is 0 Å². The van der Waals surface area contributed by atoms with Crippen molar-refractivity contribution < 1.29 is 4.39 Å². The number of aryl methyl sites for hydroxylation is 1. The van der Waals surface area contributed by atoms with Gasteiger partial charge < -0.3 is 0 Å². The van der Waals surface area contributed by atoms with Gasteiger partial charge in [-0.15, -0.1) is 0 Å². The molecule has 10 heavy (non-hydrogen) atoms. The fourth-order valence-corrected chi connectivity index (χ4v) is 0.714. The van der Waals surface area contributed by atoms with Crippen molar-refractivity contribution in [1.82, 2.24) is 0 Å². The van der Waals surface area contributed by atoms with E-state index in [1.54, 1.807) is 0 Å². The van der Waals surface area contributed by atoms with E-state index in [1.165, 1.54) is 5.56 Å². The Hall–Kier alpha value is -0.850. The molecule has 0 saturated carbocycles. The monoisotopic (exact) mass is 140 g/mol. The van der Waals surface area contributed by atoms with Crippen molar-refractivity contribution in [2.24, 2.45) is 0 Å². The fourth-order valence-electron chi connectivity index (χ4n) is 0.714. The molecule has 1 rings (SSSR count). The van der Waals surface area contributed by atoms with E-state index in [1.807, 2.05) is 6.07 Å². The van der Waals surface area contributed by atoms with Crippen molar-refractivity contribution in [2.75, 3.05) is 7.18 Å². The highest BCUT2D eigenvalue weighted by molar-refractivity contribution is 5.13. The summed E-state index contributed by atoms with van der Waals surface area (Å²) < 4.78 is 9.50. The largest absolute Gasteiger partial charge is 0.255 e. The highest BCUT2D eigenvalue weighted by Crippen LogP contribution is 1.96. The summed E-state index contributed by atoms with van der Waals surface area (Å²) in [5.41, 5.74) is 1.41. The molecule has 0 aromatic heterocycles. The van der Waals surface area contributed by atoms with Crippen LogP contribution >= 0.6 is 0 Å². The highest BCUT2D eigenvalue weighted by atomic mass is 19.1. The first kappa shape index (κ1) is 9.15. The van der Waals surface area contributed by atoms with Gasteiger partial charge in [-0.3, -0.25) is 4.39 Å². The lowest BCUT2D eigenvalue weighted by Gasteiger charge is -1.89. The van der Waals surface area contributed by atoms with Gasteiger partial charge in [0.15, 0.2) is 0 Å². The lowest BCUT2D eigenvalue weighted by molar-refractivity contribution is 0.636. The molecule has 0 radical (unpaired) electrons. The first-order valence-electron chi connectivity index (χ1n) is 3.35. The number of hydrogen-bond donors (Lipinski definition) is 0. The van der Waals surface area contributed by atoms with Crippen LogP contribution in [0.15, 0.2) is 30.3 Å². The van der Waals surface area contributed by atoms with Crippen molar-refractivity contribution in [3.8, 4) is 0 Å². The molecule has 0 aliphatic rings. The van der Waals surface area contributed by atoms with Crippen LogP contribution in [0.5, 0.6) is 0 Å². The van der Waals surface area contributed by atoms with Crippen LogP contribution in [0.1, 0.15) is 12.5 Å². The Morgan fingerprint density at radius 3 is 1.90 bits per heavy atom. The number of rotatable bonds is 1. The van der Waals surface area contributed by atoms with E-state index >= 15 is 0 Å². The normalized spacial score (nSPS) is 7.90. The molecular weight excluding hydrogens is 127 g/mol. The third-order valence-corrected chi connectivity index (χ3v) is 1.25. The lowest BCUT2D eigenvalue weighted by atomic mass is 10.2. The average Bonchev–Trinajstić information content (AvgIpc) is 2.10. The zero-order valence-electron chi connectivity index (χ0n) is 6.47. The predicted octanol–water partition coefficient (Wildman–Crippen LogP) is 2.83. The van der Waals surface area contributed by atoms with Crippen LogP contribution in [-0.4, -0.2) is 7.18 Å². The zero-order chi connectivity index (χ0) is 7.82. The van der Waals surface area contributed by atoms with Gasteiger partial charge in [0.2, 0.25) is 0 Å². The molecule has 0 nitrogen and oxygen atoms in total. The first-order valence-corrected chi connectivity index (χ1v) is 3.35. The summed E-state index contributed by atoms with van der Waals surface area (Å²) in [6.07, 6.45) is 1.14. The Morgan fingerprint density at radius 2 is 1.60 bits per heavy atom. The van der Waals surface area contributed by atoms with Crippen LogP contribution < -0.4 is 0 Å². The van der Waals surface area contributed by atoms with E-state index in [0.717, 1.165) is 6.42 Å². The molecule has 0 aliphatic heterocycles. The van der Waals surface area contributed by atoms with Crippen LogP contribution in [0.3, 0.4) is 0 Å². The zero-order valence-corrected chi connectivity index (χ0v) is 6.47. The van der Waals surface area contributed by atoms with E-state index in [4.69, 9.17) is 0 Å². The van der Waals surface area contributed by atoms with Crippen molar-refractivity contribution in [2.45, 2.75) is 13.3 Å². The maximum atomic E-state index is 9.50. The molecule has 56 valence electrons. The standard InChI is InChI=1S/C8H10.CH3F/c1-2-8-6-4-3-5-7-8;1-2/h3-7H,2H2,1H3;1H3. The number of halogens is 1. The second kappa shape index (κ2) is 6.27. The SMILES string of the molecule is CCc1ccccc1.CF. The minimum atomic E-state index is 0.500. The Kier molecular flexibility index (Phi) is 5.74. The minimum absolute atomic E-state index is 0.500. The second-order valence-electron chi connectivity index (χ2n) is 1.84. The summed E-state index contributed by atoms with van der Waals surface area (Å²) in [5.74, 6) is 0. The maximum Gasteiger partial charge on any atom is 0.0785 e. The summed E-state index contributed by atoms with van der Waals surface area (Å²) in [7, 11) is 0.500. The van der Waals surface area contributed by atoms with E-state index in [-0.39, 0.29) is 0 Å². The third kappa shape index (κ3) is 3.23. The first-order chi connectivity index (χ1) is 4.93. The topological polar surface area (TPSA) is 0 Å². The van der Waals surface area contributed by atoms with Gasteiger partial charge in [0.25, 0.3) is 0 Å². The van der Waals surface area contributed by atoms with Gasteiger partial charge in [-0.25, -0.2) is 0 Å². The van der Waals surface area contributed by atoms with Crippen LogP contribution in [-0.2, 0) is 6.42 Å². The Balaban J connectivity index is 0.000000371. The van der Waals surface area contributed by atoms with Crippen molar-refractivity contribution in [1.29, 1.82) is 0 Å². The van der Waals surface area contributed by atoms with E-state index in [2.05, 4.69) is 31.2 Å². The van der Waals surface area contributed by atoms with Gasteiger partial charge >= 0.3 is 0 Å². The summed E-state index contributed by atoms with van der Waals surface area (Å²) >= 11 is 0. The summed E-state index contributed by atoms with van der Waals surface area (Å²) in [4.78, 5) is 0. The molecule has 0 saturated heterocycles. The Labute approximate surface area is 61.7 Å². The summed E-state index contributed by atoms with van der Waals surface area (Å²) in [6, 6.07) is 10.5. The van der Waals surface area contributed by atoms with Gasteiger partial charge in [0.05, 0.1) is 7.18 Å². The molecule has 1 aromatic rings. The van der Waals surface area contributed by atoms with E-state index in [9.17, 15) is 4.39 Å². The quantitative estimate of drug-likeness (QED) is 0.562. The minimum Gasteiger partial charge on any atom is -0.255 e. The van der Waals surface area contributed by atoms with Gasteiger partial charge in [0.1, 0.15) is 0 Å². The van der Waals surface area contributed by atoms with Gasteiger partial charge in [0, 0.05) is 0 Å². The molecule has 1 heteroatoms. The Bertz CT molecular complexity index is 146. The van der Waals surface area contributed by atoms with E-state index < -0.39 is 0 Å². The highest BCUT2D eigenvalue weighted by Gasteiger charge is 1.79. The molecule has 0 heterocycles. The molecule has 0 atom stereocenters. The third-order valence-electron chi connectivity index (χ3n) is 1.25. The molecule has 1 aromatic carbocycles.